The Kier molecular flexibility index (Phi) is 6.86. The molecular weight excluding hydrogens is 444 g/mol. The normalized spacial score (nSPS) is 14.1. The van der Waals surface area contributed by atoms with E-state index in [1.165, 1.54) is 11.3 Å². The van der Waals surface area contributed by atoms with Gasteiger partial charge in [-0.3, -0.25) is 14.5 Å². The Balaban J connectivity index is 1.40. The third kappa shape index (κ3) is 5.17. The molecule has 0 saturated carbocycles. The lowest BCUT2D eigenvalue weighted by molar-refractivity contribution is 0.0629. The van der Waals surface area contributed by atoms with Crippen molar-refractivity contribution in [3.05, 3.63) is 86.6 Å². The van der Waals surface area contributed by atoms with Crippen LogP contribution in [0.1, 0.15) is 31.2 Å². The predicted molar refractivity (Wildman–Crippen MR) is 126 cm³/mol. The van der Waals surface area contributed by atoms with Gasteiger partial charge in [0, 0.05) is 37.7 Å². The minimum atomic E-state index is -0.261. The third-order valence-electron chi connectivity index (χ3n) is 5.35. The summed E-state index contributed by atoms with van der Waals surface area (Å²) in [4.78, 5) is 30.4. The first-order valence-corrected chi connectivity index (χ1v) is 11.4. The zero-order valence-corrected chi connectivity index (χ0v) is 18.8. The first kappa shape index (κ1) is 22.0. The fraction of sp³-hybridized carbons (Fsp3) is 0.208. The number of rotatable bonds is 5. The maximum Gasteiger partial charge on any atom is 0.265 e. The van der Waals surface area contributed by atoms with Gasteiger partial charge in [-0.05, 0) is 47.3 Å². The third-order valence-corrected chi connectivity index (χ3v) is 6.46. The van der Waals surface area contributed by atoms with Crippen LogP contribution in [0.4, 0.5) is 5.69 Å². The van der Waals surface area contributed by atoms with E-state index in [4.69, 9.17) is 16.9 Å². The molecule has 1 saturated heterocycles. The van der Waals surface area contributed by atoms with Crippen LogP contribution in [-0.4, -0.2) is 47.8 Å². The van der Waals surface area contributed by atoms with Crippen LogP contribution >= 0.6 is 22.9 Å². The van der Waals surface area contributed by atoms with Crippen molar-refractivity contribution in [3.63, 3.8) is 0 Å². The van der Waals surface area contributed by atoms with Crippen LogP contribution in [-0.2, 0) is 6.54 Å². The van der Waals surface area contributed by atoms with Crippen LogP contribution in [0.5, 0.6) is 0 Å². The van der Waals surface area contributed by atoms with E-state index < -0.39 is 0 Å². The molecule has 2 amide bonds. The van der Waals surface area contributed by atoms with Crippen molar-refractivity contribution in [1.82, 2.24) is 9.80 Å². The second-order valence-corrected chi connectivity index (χ2v) is 8.88. The minimum Gasteiger partial charge on any atom is -0.336 e. The average molecular weight is 465 g/mol. The molecule has 2 aromatic carbocycles. The largest absolute Gasteiger partial charge is 0.336 e. The summed E-state index contributed by atoms with van der Waals surface area (Å²) in [6.45, 7) is 3.45. The van der Waals surface area contributed by atoms with Crippen LogP contribution in [0.15, 0.2) is 60.0 Å². The van der Waals surface area contributed by atoms with Crippen molar-refractivity contribution in [1.29, 1.82) is 5.26 Å². The van der Waals surface area contributed by atoms with Gasteiger partial charge in [0.05, 0.1) is 27.8 Å². The molecule has 162 valence electrons. The molecular formula is C24H21ClN4O2S. The van der Waals surface area contributed by atoms with Gasteiger partial charge >= 0.3 is 0 Å². The van der Waals surface area contributed by atoms with E-state index >= 15 is 0 Å². The van der Waals surface area contributed by atoms with E-state index in [9.17, 15) is 9.59 Å². The number of benzene rings is 2. The molecule has 1 aromatic heterocycles. The van der Waals surface area contributed by atoms with Crippen LogP contribution in [0.25, 0.3) is 0 Å². The molecule has 1 aliphatic heterocycles. The first-order chi connectivity index (χ1) is 15.5. The highest BCUT2D eigenvalue weighted by atomic mass is 35.5. The van der Waals surface area contributed by atoms with E-state index in [2.05, 4.69) is 16.3 Å². The van der Waals surface area contributed by atoms with Crippen molar-refractivity contribution in [2.24, 2.45) is 0 Å². The van der Waals surface area contributed by atoms with Crippen LogP contribution in [0.3, 0.4) is 0 Å². The van der Waals surface area contributed by atoms with E-state index in [-0.39, 0.29) is 11.8 Å². The molecule has 2 heterocycles. The molecule has 4 rings (SSSR count). The molecule has 3 aromatic rings. The van der Waals surface area contributed by atoms with Crippen LogP contribution < -0.4 is 5.32 Å². The number of hydrogen-bond acceptors (Lipinski definition) is 5. The molecule has 0 spiro atoms. The molecule has 0 bridgehead atoms. The van der Waals surface area contributed by atoms with Crippen molar-refractivity contribution >= 4 is 40.4 Å². The Bertz CT molecular complexity index is 1150. The van der Waals surface area contributed by atoms with Gasteiger partial charge in [0.2, 0.25) is 0 Å². The van der Waals surface area contributed by atoms with Crippen molar-refractivity contribution in [2.45, 2.75) is 6.54 Å². The van der Waals surface area contributed by atoms with Gasteiger partial charge in [-0.25, -0.2) is 0 Å². The zero-order chi connectivity index (χ0) is 22.5. The number of carbonyl (C=O) groups excluding carboxylic acids is 2. The predicted octanol–water partition coefficient (Wildman–Crippen LogP) is 4.48. The number of nitrogens with one attached hydrogen (secondary N) is 1. The molecule has 0 aliphatic carbocycles. The maximum absolute atomic E-state index is 13.2. The Morgan fingerprint density at radius 3 is 2.47 bits per heavy atom. The molecule has 32 heavy (non-hydrogen) atoms. The van der Waals surface area contributed by atoms with Gasteiger partial charge in [-0.15, -0.1) is 11.3 Å². The summed E-state index contributed by atoms with van der Waals surface area (Å²) in [6, 6.07) is 18.2. The summed E-state index contributed by atoms with van der Waals surface area (Å²) in [5.41, 5.74) is 2.63. The van der Waals surface area contributed by atoms with Crippen LogP contribution in [0, 0.1) is 11.3 Å². The highest BCUT2D eigenvalue weighted by molar-refractivity contribution is 7.12. The lowest BCUT2D eigenvalue weighted by Crippen LogP contribution is -2.48. The molecule has 0 atom stereocenters. The van der Waals surface area contributed by atoms with E-state index in [1.54, 1.807) is 35.2 Å². The lowest BCUT2D eigenvalue weighted by atomic mass is 10.1. The zero-order valence-electron chi connectivity index (χ0n) is 17.3. The smallest absolute Gasteiger partial charge is 0.265 e. The summed E-state index contributed by atoms with van der Waals surface area (Å²) < 4.78 is 0. The number of halogens is 1. The molecule has 1 N–H and O–H groups in total. The summed E-state index contributed by atoms with van der Waals surface area (Å²) in [5.74, 6) is -0.385. The Labute approximate surface area is 195 Å². The average Bonchev–Trinajstić information content (AvgIpc) is 3.35. The first-order valence-electron chi connectivity index (χ1n) is 10.2. The van der Waals surface area contributed by atoms with Gasteiger partial charge in [-0.2, -0.15) is 5.26 Å². The molecule has 1 fully saturated rings. The number of amides is 2. The number of hydrogen-bond donors (Lipinski definition) is 1. The number of carbonyl (C=O) groups is 2. The fourth-order valence-corrected chi connectivity index (χ4v) is 4.41. The van der Waals surface area contributed by atoms with Crippen molar-refractivity contribution in [3.8, 4) is 6.07 Å². The standard InChI is InChI=1S/C24H21ClN4O2S/c25-19-7-8-20(21(14-19)27-23(30)22-2-1-13-32-22)24(31)29-11-9-28(10-12-29)16-18-5-3-17(15-26)4-6-18/h1-8,13-14H,9-12,16H2,(H,27,30). The van der Waals surface area contributed by atoms with E-state index in [1.807, 2.05) is 29.6 Å². The van der Waals surface area contributed by atoms with Crippen molar-refractivity contribution < 1.29 is 9.59 Å². The fourth-order valence-electron chi connectivity index (χ4n) is 3.62. The van der Waals surface area contributed by atoms with Gasteiger partial charge < -0.3 is 10.2 Å². The van der Waals surface area contributed by atoms with Gasteiger partial charge in [-0.1, -0.05) is 29.8 Å². The molecule has 1 aliphatic rings. The minimum absolute atomic E-state index is 0.124. The SMILES string of the molecule is N#Cc1ccc(CN2CCN(C(=O)c3ccc(Cl)cc3NC(=O)c3cccs3)CC2)cc1. The highest BCUT2D eigenvalue weighted by Crippen LogP contribution is 2.25. The van der Waals surface area contributed by atoms with Gasteiger partial charge in [0.1, 0.15) is 0 Å². The summed E-state index contributed by atoms with van der Waals surface area (Å²) >= 11 is 7.47. The van der Waals surface area contributed by atoms with E-state index in [0.717, 1.165) is 25.2 Å². The quantitative estimate of drug-likeness (QED) is 0.603. The summed E-state index contributed by atoms with van der Waals surface area (Å²) in [6.07, 6.45) is 0. The molecule has 6 nitrogen and oxygen atoms in total. The Hall–Kier alpha value is -3.18. The lowest BCUT2D eigenvalue weighted by Gasteiger charge is -2.35. The Morgan fingerprint density at radius 2 is 1.81 bits per heavy atom. The van der Waals surface area contributed by atoms with Gasteiger partial charge in [0.25, 0.3) is 11.8 Å². The van der Waals surface area contributed by atoms with Crippen molar-refractivity contribution in [2.75, 3.05) is 31.5 Å². The van der Waals surface area contributed by atoms with Gasteiger partial charge in [0.15, 0.2) is 0 Å². The highest BCUT2D eigenvalue weighted by Gasteiger charge is 2.25. The number of anilines is 1. The second kappa shape index (κ2) is 9.96. The molecule has 8 heteroatoms. The molecule has 0 unspecified atom stereocenters. The van der Waals surface area contributed by atoms with Crippen LogP contribution in [0.2, 0.25) is 5.02 Å². The summed E-state index contributed by atoms with van der Waals surface area (Å²) in [5, 5.41) is 14.0. The molecule has 0 radical (unpaired) electrons. The topological polar surface area (TPSA) is 76.4 Å². The maximum atomic E-state index is 13.2. The number of nitrogens with zero attached hydrogens (tertiary/aromatic N) is 3. The number of piperazine rings is 1. The Morgan fingerprint density at radius 1 is 1.06 bits per heavy atom. The monoisotopic (exact) mass is 464 g/mol. The summed E-state index contributed by atoms with van der Waals surface area (Å²) in [7, 11) is 0. The second-order valence-electron chi connectivity index (χ2n) is 7.50. The van der Waals surface area contributed by atoms with E-state index in [0.29, 0.717) is 39.8 Å². The number of thiophene rings is 1. The number of nitriles is 1.